The SMILES string of the molecule is C=CC(=O)OCC(CCCC=S)OC(=O)C=C. The van der Waals surface area contributed by atoms with Crippen LogP contribution in [0.1, 0.15) is 19.3 Å². The maximum Gasteiger partial charge on any atom is 0.330 e. The van der Waals surface area contributed by atoms with E-state index < -0.39 is 18.0 Å². The summed E-state index contributed by atoms with van der Waals surface area (Å²) in [5, 5.41) is 1.61. The molecule has 17 heavy (non-hydrogen) atoms. The van der Waals surface area contributed by atoms with E-state index >= 15 is 0 Å². The maximum absolute atomic E-state index is 11.0. The number of hydrogen-bond acceptors (Lipinski definition) is 5. The number of ether oxygens (including phenoxy) is 2. The summed E-state index contributed by atoms with van der Waals surface area (Å²) in [6, 6.07) is 0. The Bertz CT molecular complexity index is 299. The lowest BCUT2D eigenvalue weighted by Gasteiger charge is -2.16. The minimum Gasteiger partial charge on any atom is -0.459 e. The fourth-order valence-corrected chi connectivity index (χ4v) is 1.22. The third kappa shape index (κ3) is 8.33. The van der Waals surface area contributed by atoms with Crippen molar-refractivity contribution in [3.8, 4) is 0 Å². The van der Waals surface area contributed by atoms with Gasteiger partial charge in [0.1, 0.15) is 12.7 Å². The number of thiocarbonyl (C=S) groups is 1. The molecule has 0 aliphatic rings. The van der Waals surface area contributed by atoms with Crippen LogP contribution in [0.25, 0.3) is 0 Å². The van der Waals surface area contributed by atoms with Gasteiger partial charge in [0.15, 0.2) is 0 Å². The summed E-state index contributed by atoms with van der Waals surface area (Å²) in [7, 11) is 0. The zero-order valence-electron chi connectivity index (χ0n) is 9.59. The van der Waals surface area contributed by atoms with Crippen LogP contribution in [0.2, 0.25) is 0 Å². The summed E-state index contributed by atoms with van der Waals surface area (Å²) >= 11 is 4.69. The summed E-state index contributed by atoms with van der Waals surface area (Å²) in [5.41, 5.74) is 0. The predicted octanol–water partition coefficient (Wildman–Crippen LogP) is 1.98. The summed E-state index contributed by atoms with van der Waals surface area (Å²) in [5.74, 6) is -1.08. The molecule has 0 aliphatic carbocycles. The van der Waals surface area contributed by atoms with E-state index in [0.29, 0.717) is 6.42 Å². The van der Waals surface area contributed by atoms with E-state index in [2.05, 4.69) is 13.2 Å². The lowest BCUT2D eigenvalue weighted by molar-refractivity contribution is -0.153. The third-order valence-corrected chi connectivity index (χ3v) is 2.11. The topological polar surface area (TPSA) is 52.6 Å². The molecule has 0 aromatic carbocycles. The molecule has 0 bridgehead atoms. The number of carbonyl (C=O) groups is 2. The molecule has 0 rings (SSSR count). The predicted molar refractivity (Wildman–Crippen MR) is 68.7 cm³/mol. The maximum atomic E-state index is 11.0. The number of carbonyl (C=O) groups excluding carboxylic acids is 2. The van der Waals surface area contributed by atoms with Gasteiger partial charge < -0.3 is 9.47 Å². The molecular weight excluding hydrogens is 240 g/mol. The van der Waals surface area contributed by atoms with Crippen LogP contribution in [-0.4, -0.2) is 30.0 Å². The van der Waals surface area contributed by atoms with Gasteiger partial charge in [-0.2, -0.15) is 0 Å². The minimum absolute atomic E-state index is 0.0157. The van der Waals surface area contributed by atoms with Gasteiger partial charge in [0, 0.05) is 12.2 Å². The van der Waals surface area contributed by atoms with Crippen LogP contribution < -0.4 is 0 Å². The van der Waals surface area contributed by atoms with Gasteiger partial charge in [0.05, 0.1) is 0 Å². The second-order valence-electron chi connectivity index (χ2n) is 3.19. The Labute approximate surface area is 106 Å². The van der Waals surface area contributed by atoms with Gasteiger partial charge in [-0.3, -0.25) is 0 Å². The van der Waals surface area contributed by atoms with Gasteiger partial charge in [0.2, 0.25) is 0 Å². The third-order valence-electron chi connectivity index (χ3n) is 1.88. The van der Waals surface area contributed by atoms with Crippen molar-refractivity contribution < 1.29 is 19.1 Å². The average Bonchev–Trinajstić information content (AvgIpc) is 2.35. The van der Waals surface area contributed by atoms with E-state index in [0.717, 1.165) is 25.0 Å². The van der Waals surface area contributed by atoms with Crippen LogP contribution in [0.5, 0.6) is 0 Å². The Morgan fingerprint density at radius 2 is 1.88 bits per heavy atom. The highest BCUT2D eigenvalue weighted by molar-refractivity contribution is 7.78. The first-order valence-electron chi connectivity index (χ1n) is 5.20. The van der Waals surface area contributed by atoms with Crippen molar-refractivity contribution in [2.75, 3.05) is 6.61 Å². The summed E-state index contributed by atoms with van der Waals surface area (Å²) in [6.07, 6.45) is 3.75. The van der Waals surface area contributed by atoms with Gasteiger partial charge in [-0.1, -0.05) is 25.4 Å². The summed E-state index contributed by atoms with van der Waals surface area (Å²) in [4.78, 5) is 21.9. The number of rotatable bonds is 9. The van der Waals surface area contributed by atoms with E-state index in [9.17, 15) is 9.59 Å². The molecular formula is C12H16O4S. The van der Waals surface area contributed by atoms with Gasteiger partial charge in [0.25, 0.3) is 0 Å². The molecule has 0 aromatic heterocycles. The molecule has 0 fully saturated rings. The van der Waals surface area contributed by atoms with Crippen LogP contribution in [0.4, 0.5) is 0 Å². The molecule has 94 valence electrons. The van der Waals surface area contributed by atoms with E-state index in [1.165, 1.54) is 0 Å². The summed E-state index contributed by atoms with van der Waals surface area (Å²) < 4.78 is 9.85. The zero-order valence-corrected chi connectivity index (χ0v) is 10.4. The molecule has 0 saturated carbocycles. The molecule has 0 amide bonds. The Hall–Kier alpha value is -1.49. The first-order valence-corrected chi connectivity index (χ1v) is 5.67. The van der Waals surface area contributed by atoms with E-state index in [-0.39, 0.29) is 6.61 Å². The quantitative estimate of drug-likeness (QED) is 0.273. The molecule has 0 radical (unpaired) electrons. The molecule has 0 N–H and O–H groups in total. The van der Waals surface area contributed by atoms with Crippen molar-refractivity contribution in [2.45, 2.75) is 25.4 Å². The standard InChI is InChI=1S/C12H16O4S/c1-3-11(13)15-9-10(7-5-6-8-17)16-12(14)4-2/h3-4,8,10H,1-2,5-7,9H2. The van der Waals surface area contributed by atoms with Crippen molar-refractivity contribution in [3.63, 3.8) is 0 Å². The van der Waals surface area contributed by atoms with Crippen molar-refractivity contribution in [3.05, 3.63) is 25.3 Å². The monoisotopic (exact) mass is 256 g/mol. The summed E-state index contributed by atoms with van der Waals surface area (Å²) in [6.45, 7) is 6.59. The first-order chi connectivity index (χ1) is 8.13. The highest BCUT2D eigenvalue weighted by Gasteiger charge is 2.14. The fourth-order valence-electron chi connectivity index (χ4n) is 1.05. The molecule has 0 aliphatic heterocycles. The largest absolute Gasteiger partial charge is 0.459 e. The normalized spacial score (nSPS) is 11.1. The first kappa shape index (κ1) is 15.5. The fraction of sp³-hybridized carbons (Fsp3) is 0.417. The van der Waals surface area contributed by atoms with Gasteiger partial charge in [-0.05, 0) is 24.6 Å². The average molecular weight is 256 g/mol. The van der Waals surface area contributed by atoms with Crippen LogP contribution in [0.3, 0.4) is 0 Å². The lowest BCUT2D eigenvalue weighted by Crippen LogP contribution is -2.24. The van der Waals surface area contributed by atoms with Crippen LogP contribution in [-0.2, 0) is 19.1 Å². The lowest BCUT2D eigenvalue weighted by atomic mass is 10.2. The molecule has 0 heterocycles. The van der Waals surface area contributed by atoms with Crippen molar-refractivity contribution in [2.24, 2.45) is 0 Å². The highest BCUT2D eigenvalue weighted by Crippen LogP contribution is 2.06. The Balaban J connectivity index is 4.12. The van der Waals surface area contributed by atoms with Gasteiger partial charge in [-0.25, -0.2) is 9.59 Å². The molecule has 4 nitrogen and oxygen atoms in total. The van der Waals surface area contributed by atoms with Crippen molar-refractivity contribution in [1.29, 1.82) is 0 Å². The molecule has 0 aromatic rings. The smallest absolute Gasteiger partial charge is 0.330 e. The van der Waals surface area contributed by atoms with Crippen molar-refractivity contribution >= 4 is 29.5 Å². The zero-order chi connectivity index (χ0) is 13.1. The second-order valence-corrected chi connectivity index (χ2v) is 3.53. The van der Waals surface area contributed by atoms with E-state index in [4.69, 9.17) is 21.7 Å². The highest BCUT2D eigenvalue weighted by atomic mass is 32.1. The van der Waals surface area contributed by atoms with E-state index in [1.54, 1.807) is 5.37 Å². The Morgan fingerprint density at radius 1 is 1.24 bits per heavy atom. The Kier molecular flexibility index (Phi) is 8.86. The van der Waals surface area contributed by atoms with Gasteiger partial charge in [-0.15, -0.1) is 0 Å². The van der Waals surface area contributed by atoms with Crippen LogP contribution in [0, 0.1) is 0 Å². The molecule has 1 atom stereocenters. The molecule has 1 unspecified atom stereocenters. The van der Waals surface area contributed by atoms with Crippen molar-refractivity contribution in [1.82, 2.24) is 0 Å². The number of esters is 2. The van der Waals surface area contributed by atoms with Crippen LogP contribution in [0.15, 0.2) is 25.3 Å². The molecule has 0 saturated heterocycles. The minimum atomic E-state index is -0.542. The molecule has 5 heteroatoms. The van der Waals surface area contributed by atoms with Crippen LogP contribution >= 0.6 is 12.2 Å². The number of unbranched alkanes of at least 4 members (excludes halogenated alkanes) is 1. The number of hydrogen-bond donors (Lipinski definition) is 0. The molecule has 0 spiro atoms. The van der Waals surface area contributed by atoms with Gasteiger partial charge >= 0.3 is 11.9 Å². The second kappa shape index (κ2) is 9.72. The van der Waals surface area contributed by atoms with E-state index in [1.807, 2.05) is 0 Å². The Morgan fingerprint density at radius 3 is 2.41 bits per heavy atom.